The molecule has 1 aromatic rings. The Balaban J connectivity index is 2.37. The van der Waals surface area contributed by atoms with E-state index in [9.17, 15) is 9.59 Å². The molecule has 1 heterocycles. The molecule has 0 saturated heterocycles. The molecule has 5 nitrogen and oxygen atoms in total. The molecule has 1 atom stereocenters. The van der Waals surface area contributed by atoms with Gasteiger partial charge < -0.3 is 16.0 Å². The Labute approximate surface area is 91.7 Å². The zero-order valence-corrected chi connectivity index (χ0v) is 9.39. The summed E-state index contributed by atoms with van der Waals surface area (Å²) in [5.74, 6) is -0.177. The highest BCUT2D eigenvalue weighted by Crippen LogP contribution is 1.96. The highest BCUT2D eigenvalue weighted by molar-refractivity contribution is 7.07. The van der Waals surface area contributed by atoms with Gasteiger partial charge in [0.05, 0.1) is 12.6 Å². The van der Waals surface area contributed by atoms with E-state index >= 15 is 0 Å². The van der Waals surface area contributed by atoms with Crippen molar-refractivity contribution in [3.05, 3.63) is 20.7 Å². The second-order valence-electron chi connectivity index (χ2n) is 3.29. The standard InChI is InChI=1S/C9H15N3O2S/c1-2-3-7(10)8(13)11-4-6-5-15-9(14)12-6/h5,7H,2-4,10H2,1H3,(H,11,13)(H,12,14)/t7-/m0/s1. The van der Waals surface area contributed by atoms with E-state index in [1.807, 2.05) is 6.92 Å². The largest absolute Gasteiger partial charge is 0.349 e. The van der Waals surface area contributed by atoms with Crippen LogP contribution in [0.25, 0.3) is 0 Å². The molecule has 1 amide bonds. The summed E-state index contributed by atoms with van der Waals surface area (Å²) in [7, 11) is 0. The molecule has 84 valence electrons. The fourth-order valence-corrected chi connectivity index (χ4v) is 1.74. The monoisotopic (exact) mass is 229 g/mol. The molecule has 0 aliphatic rings. The van der Waals surface area contributed by atoms with Crippen molar-refractivity contribution in [1.82, 2.24) is 10.3 Å². The fraction of sp³-hybridized carbons (Fsp3) is 0.556. The summed E-state index contributed by atoms with van der Waals surface area (Å²) in [6, 6.07) is -0.458. The van der Waals surface area contributed by atoms with Crippen LogP contribution in [0.4, 0.5) is 0 Å². The van der Waals surface area contributed by atoms with Gasteiger partial charge in [0.2, 0.25) is 5.91 Å². The normalized spacial score (nSPS) is 12.4. The maximum absolute atomic E-state index is 11.4. The van der Waals surface area contributed by atoms with E-state index in [1.54, 1.807) is 5.38 Å². The summed E-state index contributed by atoms with van der Waals surface area (Å²) in [5.41, 5.74) is 6.33. The van der Waals surface area contributed by atoms with Gasteiger partial charge in [-0.1, -0.05) is 24.7 Å². The van der Waals surface area contributed by atoms with Crippen molar-refractivity contribution < 1.29 is 4.79 Å². The van der Waals surface area contributed by atoms with Gasteiger partial charge in [-0.25, -0.2) is 0 Å². The minimum absolute atomic E-state index is 0.114. The number of aromatic amines is 1. The van der Waals surface area contributed by atoms with Crippen LogP contribution in [0.1, 0.15) is 25.5 Å². The van der Waals surface area contributed by atoms with E-state index in [-0.39, 0.29) is 10.8 Å². The number of amides is 1. The lowest BCUT2D eigenvalue weighted by Crippen LogP contribution is -2.40. The first-order chi connectivity index (χ1) is 7.13. The van der Waals surface area contributed by atoms with Gasteiger partial charge in [0, 0.05) is 11.1 Å². The van der Waals surface area contributed by atoms with Gasteiger partial charge >= 0.3 is 4.87 Å². The fourth-order valence-electron chi connectivity index (χ4n) is 1.16. The third-order valence-electron chi connectivity index (χ3n) is 1.96. The first-order valence-electron chi connectivity index (χ1n) is 4.83. The molecule has 15 heavy (non-hydrogen) atoms. The number of carbonyl (C=O) groups is 1. The second-order valence-corrected chi connectivity index (χ2v) is 4.13. The number of aromatic nitrogens is 1. The molecule has 0 aliphatic heterocycles. The molecule has 1 aromatic heterocycles. The average molecular weight is 229 g/mol. The SMILES string of the molecule is CCC[C@H](N)C(=O)NCc1csc(=O)[nH]1. The Hall–Kier alpha value is -1.14. The van der Waals surface area contributed by atoms with Crippen LogP contribution >= 0.6 is 11.3 Å². The van der Waals surface area contributed by atoms with Crippen LogP contribution in [0.15, 0.2) is 10.2 Å². The Morgan fingerprint density at radius 2 is 2.47 bits per heavy atom. The van der Waals surface area contributed by atoms with E-state index in [1.165, 1.54) is 0 Å². The number of carbonyl (C=O) groups excluding carboxylic acids is 1. The minimum Gasteiger partial charge on any atom is -0.349 e. The minimum atomic E-state index is -0.458. The van der Waals surface area contributed by atoms with Crippen molar-refractivity contribution in [2.45, 2.75) is 32.4 Å². The maximum Gasteiger partial charge on any atom is 0.304 e. The number of nitrogens with two attached hydrogens (primary N) is 1. The van der Waals surface area contributed by atoms with Gasteiger partial charge in [0.1, 0.15) is 0 Å². The average Bonchev–Trinajstić information content (AvgIpc) is 2.61. The van der Waals surface area contributed by atoms with Crippen LogP contribution < -0.4 is 15.9 Å². The first kappa shape index (κ1) is 11.9. The Bertz CT molecular complexity index is 371. The molecule has 4 N–H and O–H groups in total. The predicted molar refractivity (Wildman–Crippen MR) is 59.7 cm³/mol. The van der Waals surface area contributed by atoms with Crippen molar-refractivity contribution in [3.63, 3.8) is 0 Å². The third-order valence-corrected chi connectivity index (χ3v) is 2.68. The lowest BCUT2D eigenvalue weighted by atomic mass is 10.2. The van der Waals surface area contributed by atoms with Crippen molar-refractivity contribution in [3.8, 4) is 0 Å². The molecule has 6 heteroatoms. The van der Waals surface area contributed by atoms with Gasteiger partial charge in [-0.15, -0.1) is 0 Å². The number of rotatable bonds is 5. The van der Waals surface area contributed by atoms with E-state index in [0.717, 1.165) is 17.8 Å². The van der Waals surface area contributed by atoms with Gasteiger partial charge in [-0.3, -0.25) is 9.59 Å². The summed E-state index contributed by atoms with van der Waals surface area (Å²) in [4.78, 5) is 24.7. The first-order valence-corrected chi connectivity index (χ1v) is 5.71. The topological polar surface area (TPSA) is 88.0 Å². The molecule has 0 spiro atoms. The maximum atomic E-state index is 11.4. The van der Waals surface area contributed by atoms with Crippen LogP contribution in [0.3, 0.4) is 0 Å². The molecule has 0 aromatic carbocycles. The van der Waals surface area contributed by atoms with Crippen molar-refractivity contribution >= 4 is 17.2 Å². The van der Waals surface area contributed by atoms with E-state index < -0.39 is 6.04 Å². The quantitative estimate of drug-likeness (QED) is 0.673. The number of hydrogen-bond acceptors (Lipinski definition) is 4. The predicted octanol–water partition coefficient (Wildman–Crippen LogP) is 0.180. The third kappa shape index (κ3) is 3.85. The molecule has 1 rings (SSSR count). The number of thiazole rings is 1. The Morgan fingerprint density at radius 1 is 1.73 bits per heavy atom. The van der Waals surface area contributed by atoms with Crippen LogP contribution in [0.2, 0.25) is 0 Å². The van der Waals surface area contributed by atoms with Crippen molar-refractivity contribution in [2.24, 2.45) is 5.73 Å². The molecular weight excluding hydrogens is 214 g/mol. The summed E-state index contributed by atoms with van der Waals surface area (Å²) < 4.78 is 0. The van der Waals surface area contributed by atoms with Gasteiger partial charge in [-0.2, -0.15) is 0 Å². The number of nitrogens with one attached hydrogen (secondary N) is 2. The van der Waals surface area contributed by atoms with E-state index in [4.69, 9.17) is 5.73 Å². The van der Waals surface area contributed by atoms with Gasteiger partial charge in [0.25, 0.3) is 0 Å². The van der Waals surface area contributed by atoms with Crippen LogP contribution in [0, 0.1) is 0 Å². The highest BCUT2D eigenvalue weighted by Gasteiger charge is 2.11. The summed E-state index contributed by atoms with van der Waals surface area (Å²) >= 11 is 1.08. The van der Waals surface area contributed by atoms with Crippen LogP contribution in [-0.4, -0.2) is 16.9 Å². The molecule has 0 unspecified atom stereocenters. The van der Waals surface area contributed by atoms with E-state index in [2.05, 4.69) is 10.3 Å². The molecule has 0 fully saturated rings. The smallest absolute Gasteiger partial charge is 0.304 e. The van der Waals surface area contributed by atoms with Crippen LogP contribution in [0.5, 0.6) is 0 Å². The molecular formula is C9H15N3O2S. The molecule has 0 aliphatic carbocycles. The zero-order chi connectivity index (χ0) is 11.3. The summed E-state index contributed by atoms with van der Waals surface area (Å²) in [6.45, 7) is 2.30. The highest BCUT2D eigenvalue weighted by atomic mass is 32.1. The van der Waals surface area contributed by atoms with Crippen LogP contribution in [-0.2, 0) is 11.3 Å². The van der Waals surface area contributed by atoms with Gasteiger partial charge in [0.15, 0.2) is 0 Å². The van der Waals surface area contributed by atoms with E-state index in [0.29, 0.717) is 18.7 Å². The molecule has 0 radical (unpaired) electrons. The Morgan fingerprint density at radius 3 is 3.00 bits per heavy atom. The zero-order valence-electron chi connectivity index (χ0n) is 8.58. The van der Waals surface area contributed by atoms with Crippen molar-refractivity contribution in [1.29, 1.82) is 0 Å². The van der Waals surface area contributed by atoms with Crippen molar-refractivity contribution in [2.75, 3.05) is 0 Å². The molecule has 0 saturated carbocycles. The summed E-state index contributed by atoms with van der Waals surface area (Å²) in [5, 5.41) is 4.36. The number of H-pyrrole nitrogens is 1. The lowest BCUT2D eigenvalue weighted by molar-refractivity contribution is -0.122. The van der Waals surface area contributed by atoms with Gasteiger partial charge in [-0.05, 0) is 6.42 Å². The Kier molecular flexibility index (Phi) is 4.51. The number of hydrogen-bond donors (Lipinski definition) is 3. The lowest BCUT2D eigenvalue weighted by Gasteiger charge is -2.09. The molecule has 0 bridgehead atoms. The summed E-state index contributed by atoms with van der Waals surface area (Å²) in [6.07, 6.45) is 1.55. The second kappa shape index (κ2) is 5.67.